The number of rotatable bonds is 1. The van der Waals surface area contributed by atoms with Gasteiger partial charge < -0.3 is 10.7 Å². The second-order valence-electron chi connectivity index (χ2n) is 3.01. The van der Waals surface area contributed by atoms with E-state index in [-0.39, 0.29) is 17.5 Å². The van der Waals surface area contributed by atoms with Crippen molar-refractivity contribution >= 4 is 10.9 Å². The zero-order valence-electron chi connectivity index (χ0n) is 7.38. The SMILES string of the molecule is NCc1c[nH]c2c(F)cccc2c1=O. The highest BCUT2D eigenvalue weighted by atomic mass is 19.1. The average Bonchev–Trinajstić information content (AvgIpc) is 2.20. The number of hydrogen-bond acceptors (Lipinski definition) is 2. The van der Waals surface area contributed by atoms with Crippen molar-refractivity contribution in [1.29, 1.82) is 0 Å². The quantitative estimate of drug-likeness (QED) is 0.711. The molecule has 3 nitrogen and oxygen atoms in total. The van der Waals surface area contributed by atoms with Gasteiger partial charge in [0.1, 0.15) is 5.82 Å². The summed E-state index contributed by atoms with van der Waals surface area (Å²) >= 11 is 0. The number of halogens is 1. The molecule has 1 aromatic carbocycles. The first-order valence-electron chi connectivity index (χ1n) is 4.23. The van der Waals surface area contributed by atoms with Crippen LogP contribution in [0.2, 0.25) is 0 Å². The second-order valence-corrected chi connectivity index (χ2v) is 3.01. The Morgan fingerprint density at radius 3 is 2.93 bits per heavy atom. The summed E-state index contributed by atoms with van der Waals surface area (Å²) in [5, 5.41) is 0.341. The van der Waals surface area contributed by atoms with E-state index in [2.05, 4.69) is 4.98 Å². The minimum atomic E-state index is -0.428. The van der Waals surface area contributed by atoms with Gasteiger partial charge in [0.15, 0.2) is 5.43 Å². The van der Waals surface area contributed by atoms with E-state index in [4.69, 9.17) is 5.73 Å². The normalized spacial score (nSPS) is 10.7. The lowest BCUT2D eigenvalue weighted by molar-refractivity contribution is 0.636. The van der Waals surface area contributed by atoms with E-state index in [1.807, 2.05) is 0 Å². The monoisotopic (exact) mass is 192 g/mol. The van der Waals surface area contributed by atoms with Gasteiger partial charge in [-0.25, -0.2) is 4.39 Å². The molecule has 0 saturated carbocycles. The third kappa shape index (κ3) is 1.20. The summed E-state index contributed by atoms with van der Waals surface area (Å²) < 4.78 is 13.2. The largest absolute Gasteiger partial charge is 0.358 e. The molecule has 3 N–H and O–H groups in total. The summed E-state index contributed by atoms with van der Waals surface area (Å²) in [7, 11) is 0. The van der Waals surface area contributed by atoms with E-state index in [1.54, 1.807) is 6.07 Å². The van der Waals surface area contributed by atoms with Crippen molar-refractivity contribution in [2.24, 2.45) is 5.73 Å². The number of pyridine rings is 1. The van der Waals surface area contributed by atoms with E-state index in [1.165, 1.54) is 18.3 Å². The van der Waals surface area contributed by atoms with Crippen LogP contribution in [-0.4, -0.2) is 4.98 Å². The third-order valence-corrected chi connectivity index (χ3v) is 2.16. The summed E-state index contributed by atoms with van der Waals surface area (Å²) in [4.78, 5) is 14.4. The molecule has 0 bridgehead atoms. The van der Waals surface area contributed by atoms with Crippen LogP contribution in [0.25, 0.3) is 10.9 Å². The van der Waals surface area contributed by atoms with Crippen molar-refractivity contribution in [3.05, 3.63) is 46.0 Å². The Balaban J connectivity index is 2.91. The zero-order valence-corrected chi connectivity index (χ0v) is 7.38. The van der Waals surface area contributed by atoms with Crippen molar-refractivity contribution in [2.45, 2.75) is 6.54 Å². The second kappa shape index (κ2) is 3.23. The molecule has 14 heavy (non-hydrogen) atoms. The number of benzene rings is 1. The van der Waals surface area contributed by atoms with Crippen LogP contribution >= 0.6 is 0 Å². The van der Waals surface area contributed by atoms with Crippen molar-refractivity contribution in [2.75, 3.05) is 0 Å². The van der Waals surface area contributed by atoms with Gasteiger partial charge in [-0.05, 0) is 12.1 Å². The maximum atomic E-state index is 13.2. The van der Waals surface area contributed by atoms with Crippen LogP contribution in [0.3, 0.4) is 0 Å². The molecule has 2 rings (SSSR count). The molecule has 0 aliphatic heterocycles. The van der Waals surface area contributed by atoms with Crippen LogP contribution in [0.4, 0.5) is 4.39 Å². The molecule has 1 heterocycles. The lowest BCUT2D eigenvalue weighted by atomic mass is 10.1. The van der Waals surface area contributed by atoms with Crippen LogP contribution in [-0.2, 0) is 6.54 Å². The van der Waals surface area contributed by atoms with Crippen molar-refractivity contribution in [3.8, 4) is 0 Å². The molecule has 72 valence electrons. The smallest absolute Gasteiger partial charge is 0.193 e. The minimum Gasteiger partial charge on any atom is -0.358 e. The molecule has 0 atom stereocenters. The van der Waals surface area contributed by atoms with E-state index in [9.17, 15) is 9.18 Å². The number of para-hydroxylation sites is 1. The highest BCUT2D eigenvalue weighted by Gasteiger charge is 2.06. The van der Waals surface area contributed by atoms with Gasteiger partial charge in [-0.3, -0.25) is 4.79 Å². The first kappa shape index (κ1) is 8.90. The van der Waals surface area contributed by atoms with Gasteiger partial charge in [-0.15, -0.1) is 0 Å². The predicted octanol–water partition coefficient (Wildman–Crippen LogP) is 1.13. The maximum Gasteiger partial charge on any atom is 0.193 e. The zero-order chi connectivity index (χ0) is 10.1. The number of hydrogen-bond donors (Lipinski definition) is 2. The van der Waals surface area contributed by atoms with Gasteiger partial charge in [-0.2, -0.15) is 0 Å². The number of fused-ring (bicyclic) bond motifs is 1. The van der Waals surface area contributed by atoms with Crippen LogP contribution < -0.4 is 11.2 Å². The first-order valence-corrected chi connectivity index (χ1v) is 4.23. The summed E-state index contributed by atoms with van der Waals surface area (Å²) in [6.07, 6.45) is 1.45. The fourth-order valence-corrected chi connectivity index (χ4v) is 1.41. The lowest BCUT2D eigenvalue weighted by Crippen LogP contribution is -2.14. The Morgan fingerprint density at radius 2 is 2.21 bits per heavy atom. The van der Waals surface area contributed by atoms with E-state index < -0.39 is 5.82 Å². The van der Waals surface area contributed by atoms with Crippen molar-refractivity contribution < 1.29 is 4.39 Å². The Morgan fingerprint density at radius 1 is 1.43 bits per heavy atom. The fraction of sp³-hybridized carbons (Fsp3) is 0.100. The molecular formula is C10H9FN2O. The van der Waals surface area contributed by atoms with Crippen LogP contribution in [0.5, 0.6) is 0 Å². The average molecular weight is 192 g/mol. The molecule has 2 aromatic rings. The van der Waals surface area contributed by atoms with Gasteiger partial charge in [0.05, 0.1) is 5.52 Å². The minimum absolute atomic E-state index is 0.155. The first-order chi connectivity index (χ1) is 6.74. The topological polar surface area (TPSA) is 58.9 Å². The Bertz CT molecular complexity index is 533. The highest BCUT2D eigenvalue weighted by Crippen LogP contribution is 2.11. The summed E-state index contributed by atoms with van der Waals surface area (Å²) in [5.74, 6) is -0.428. The number of nitrogens with two attached hydrogens (primary N) is 1. The van der Waals surface area contributed by atoms with E-state index in [0.29, 0.717) is 10.9 Å². The van der Waals surface area contributed by atoms with E-state index in [0.717, 1.165) is 0 Å². The van der Waals surface area contributed by atoms with Crippen molar-refractivity contribution in [1.82, 2.24) is 4.98 Å². The van der Waals surface area contributed by atoms with E-state index >= 15 is 0 Å². The summed E-state index contributed by atoms with van der Waals surface area (Å²) in [5.41, 5.74) is 5.85. The molecule has 0 aliphatic carbocycles. The lowest BCUT2D eigenvalue weighted by Gasteiger charge is -2.01. The number of aromatic amines is 1. The Labute approximate surface area is 79.4 Å². The molecular weight excluding hydrogens is 183 g/mol. The van der Waals surface area contributed by atoms with Crippen LogP contribution in [0.1, 0.15) is 5.56 Å². The van der Waals surface area contributed by atoms with Crippen molar-refractivity contribution in [3.63, 3.8) is 0 Å². The standard InChI is InChI=1S/C10H9FN2O/c11-8-3-1-2-7-9(8)13-5-6(4-12)10(7)14/h1-3,5H,4,12H2,(H,13,14). The third-order valence-electron chi connectivity index (χ3n) is 2.16. The number of H-pyrrole nitrogens is 1. The number of aromatic nitrogens is 1. The van der Waals surface area contributed by atoms with Gasteiger partial charge >= 0.3 is 0 Å². The Kier molecular flexibility index (Phi) is 2.05. The molecule has 0 fully saturated rings. The predicted molar refractivity (Wildman–Crippen MR) is 52.4 cm³/mol. The number of nitrogens with one attached hydrogen (secondary N) is 1. The van der Waals surface area contributed by atoms with Gasteiger partial charge in [0, 0.05) is 23.7 Å². The molecule has 0 saturated heterocycles. The highest BCUT2D eigenvalue weighted by molar-refractivity contribution is 5.79. The van der Waals surface area contributed by atoms with Gasteiger partial charge in [0.25, 0.3) is 0 Å². The summed E-state index contributed by atoms with van der Waals surface area (Å²) in [6, 6.07) is 4.39. The fourth-order valence-electron chi connectivity index (χ4n) is 1.41. The van der Waals surface area contributed by atoms with Gasteiger partial charge in [0.2, 0.25) is 0 Å². The summed E-state index contributed by atoms with van der Waals surface area (Å²) in [6.45, 7) is 0.155. The van der Waals surface area contributed by atoms with Gasteiger partial charge in [-0.1, -0.05) is 6.07 Å². The van der Waals surface area contributed by atoms with Crippen LogP contribution in [0, 0.1) is 5.82 Å². The molecule has 4 heteroatoms. The molecule has 0 spiro atoms. The molecule has 0 unspecified atom stereocenters. The molecule has 0 aliphatic rings. The Hall–Kier alpha value is -1.68. The molecule has 0 radical (unpaired) electrons. The molecule has 0 amide bonds. The molecule has 1 aromatic heterocycles. The maximum absolute atomic E-state index is 13.2. The van der Waals surface area contributed by atoms with Crippen LogP contribution in [0.15, 0.2) is 29.2 Å².